The van der Waals surface area contributed by atoms with Crippen LogP contribution in [0, 0.1) is 11.6 Å². The third-order valence-corrected chi connectivity index (χ3v) is 6.67. The maximum Gasteiger partial charge on any atom is 0.123 e. The van der Waals surface area contributed by atoms with E-state index in [1.807, 2.05) is 25.2 Å². The van der Waals surface area contributed by atoms with Crippen molar-refractivity contribution in [3.05, 3.63) is 101 Å². The first-order valence-electron chi connectivity index (χ1n) is 12.2. The van der Waals surface area contributed by atoms with Crippen LogP contribution in [0.5, 0.6) is 0 Å². The van der Waals surface area contributed by atoms with Crippen molar-refractivity contribution in [2.45, 2.75) is 43.9 Å². The predicted octanol–water partition coefficient (Wildman–Crippen LogP) is 3.03. The van der Waals surface area contributed by atoms with E-state index in [0.717, 1.165) is 16.8 Å². The van der Waals surface area contributed by atoms with Crippen molar-refractivity contribution < 1.29 is 23.7 Å². The lowest BCUT2D eigenvalue weighted by Gasteiger charge is -2.33. The zero-order valence-corrected chi connectivity index (χ0v) is 20.4. The standard InChI is InChI=1S/C28H33F2N3O3/c1-32(15-13-24-4-2-3-14-31-24)27-25(36-26(19-34)28(27)35)18-33(16-20-5-9-22(29)10-6-20)17-21-7-11-23(30)12-8-21/h2-12,14,25-28,34-35H,13,15-19H2,1H3/t25-,26+,27+,28-/m1/s1. The van der Waals surface area contributed by atoms with Crippen LogP contribution in [0.4, 0.5) is 8.78 Å². The lowest BCUT2D eigenvalue weighted by atomic mass is 10.0. The van der Waals surface area contributed by atoms with Gasteiger partial charge in [0.25, 0.3) is 0 Å². The normalized spacial score (nSPS) is 22.0. The number of nitrogens with zero attached hydrogens (tertiary/aromatic N) is 3. The van der Waals surface area contributed by atoms with Gasteiger partial charge < -0.3 is 14.9 Å². The molecule has 2 N–H and O–H groups in total. The highest BCUT2D eigenvalue weighted by molar-refractivity contribution is 5.18. The fraction of sp³-hybridized carbons (Fsp3) is 0.393. The average molecular weight is 498 g/mol. The highest BCUT2D eigenvalue weighted by Crippen LogP contribution is 2.27. The van der Waals surface area contributed by atoms with Crippen LogP contribution in [0.15, 0.2) is 72.9 Å². The lowest BCUT2D eigenvalue weighted by Crippen LogP contribution is -2.50. The summed E-state index contributed by atoms with van der Waals surface area (Å²) in [5.74, 6) is -0.599. The van der Waals surface area contributed by atoms with Crippen LogP contribution < -0.4 is 0 Å². The van der Waals surface area contributed by atoms with Gasteiger partial charge in [0.2, 0.25) is 0 Å². The molecule has 0 radical (unpaired) electrons. The van der Waals surface area contributed by atoms with Crippen molar-refractivity contribution >= 4 is 0 Å². The largest absolute Gasteiger partial charge is 0.394 e. The predicted molar refractivity (Wildman–Crippen MR) is 133 cm³/mol. The zero-order chi connectivity index (χ0) is 25.5. The first-order valence-corrected chi connectivity index (χ1v) is 12.2. The van der Waals surface area contributed by atoms with Gasteiger partial charge in [-0.05, 0) is 54.6 Å². The number of aliphatic hydroxyl groups excluding tert-OH is 2. The van der Waals surface area contributed by atoms with E-state index in [4.69, 9.17) is 4.74 Å². The molecule has 0 saturated carbocycles. The highest BCUT2D eigenvalue weighted by Gasteiger charge is 2.45. The van der Waals surface area contributed by atoms with Crippen molar-refractivity contribution in [2.24, 2.45) is 0 Å². The molecule has 2 heterocycles. The minimum atomic E-state index is -0.854. The highest BCUT2D eigenvalue weighted by atomic mass is 19.1. The molecule has 1 aliphatic heterocycles. The van der Waals surface area contributed by atoms with Gasteiger partial charge >= 0.3 is 0 Å². The molecule has 36 heavy (non-hydrogen) atoms. The molecule has 0 amide bonds. The van der Waals surface area contributed by atoms with Gasteiger partial charge in [-0.2, -0.15) is 0 Å². The number of likely N-dealkylation sites (N-methyl/N-ethyl adjacent to an activating group) is 1. The van der Waals surface area contributed by atoms with Crippen LogP contribution in [0.25, 0.3) is 0 Å². The van der Waals surface area contributed by atoms with Crippen molar-refractivity contribution in [1.82, 2.24) is 14.8 Å². The molecule has 4 atom stereocenters. The third kappa shape index (κ3) is 6.93. The molecule has 4 rings (SSSR count). The van der Waals surface area contributed by atoms with Gasteiger partial charge in [0.15, 0.2) is 0 Å². The van der Waals surface area contributed by atoms with Crippen molar-refractivity contribution in [3.8, 4) is 0 Å². The number of rotatable bonds is 11. The van der Waals surface area contributed by atoms with E-state index in [9.17, 15) is 19.0 Å². The summed E-state index contributed by atoms with van der Waals surface area (Å²) in [6.07, 6.45) is 0.553. The van der Waals surface area contributed by atoms with E-state index in [2.05, 4.69) is 14.8 Å². The number of aliphatic hydroxyl groups is 2. The fourth-order valence-electron chi connectivity index (χ4n) is 4.79. The smallest absolute Gasteiger partial charge is 0.123 e. The molecule has 1 fully saturated rings. The number of hydrogen-bond donors (Lipinski definition) is 2. The van der Waals surface area contributed by atoms with Crippen molar-refractivity contribution in [2.75, 3.05) is 26.7 Å². The summed E-state index contributed by atoms with van der Waals surface area (Å²) in [6.45, 7) is 1.87. The van der Waals surface area contributed by atoms with Gasteiger partial charge in [0, 0.05) is 44.5 Å². The van der Waals surface area contributed by atoms with Gasteiger partial charge in [-0.15, -0.1) is 0 Å². The van der Waals surface area contributed by atoms with Gasteiger partial charge in [-0.1, -0.05) is 30.3 Å². The van der Waals surface area contributed by atoms with Crippen LogP contribution in [0.2, 0.25) is 0 Å². The molecule has 1 aromatic heterocycles. The van der Waals surface area contributed by atoms with Gasteiger partial charge in [-0.3, -0.25) is 14.8 Å². The molecule has 3 aromatic rings. The molecule has 8 heteroatoms. The van der Waals surface area contributed by atoms with E-state index in [1.165, 1.54) is 24.3 Å². The van der Waals surface area contributed by atoms with Crippen molar-refractivity contribution in [1.29, 1.82) is 0 Å². The summed E-state index contributed by atoms with van der Waals surface area (Å²) >= 11 is 0. The van der Waals surface area contributed by atoms with Crippen LogP contribution in [-0.2, 0) is 24.2 Å². The summed E-state index contributed by atoms with van der Waals surface area (Å²) in [6, 6.07) is 18.1. The first kappa shape index (κ1) is 26.3. The Morgan fingerprint density at radius 3 is 2.03 bits per heavy atom. The summed E-state index contributed by atoms with van der Waals surface area (Å²) in [5, 5.41) is 20.8. The Morgan fingerprint density at radius 1 is 0.889 bits per heavy atom. The summed E-state index contributed by atoms with van der Waals surface area (Å²) in [4.78, 5) is 8.58. The second-order valence-corrected chi connectivity index (χ2v) is 9.35. The van der Waals surface area contributed by atoms with E-state index in [-0.39, 0.29) is 30.4 Å². The van der Waals surface area contributed by atoms with E-state index in [1.54, 1.807) is 30.5 Å². The summed E-state index contributed by atoms with van der Waals surface area (Å²) in [7, 11) is 1.94. The van der Waals surface area contributed by atoms with Gasteiger partial charge in [0.1, 0.15) is 23.8 Å². The molecular weight excluding hydrogens is 464 g/mol. The van der Waals surface area contributed by atoms with Crippen LogP contribution in [0.3, 0.4) is 0 Å². The molecule has 6 nitrogen and oxygen atoms in total. The first-order chi connectivity index (χ1) is 17.4. The molecule has 2 aromatic carbocycles. The second kappa shape index (κ2) is 12.5. The van der Waals surface area contributed by atoms with Gasteiger partial charge in [-0.25, -0.2) is 8.78 Å². The van der Waals surface area contributed by atoms with Crippen LogP contribution >= 0.6 is 0 Å². The third-order valence-electron chi connectivity index (χ3n) is 6.67. The lowest BCUT2D eigenvalue weighted by molar-refractivity contribution is -0.0322. The van der Waals surface area contributed by atoms with E-state index in [0.29, 0.717) is 32.6 Å². The van der Waals surface area contributed by atoms with Crippen LogP contribution in [-0.4, -0.2) is 76.1 Å². The van der Waals surface area contributed by atoms with Crippen LogP contribution in [0.1, 0.15) is 16.8 Å². The van der Waals surface area contributed by atoms with E-state index < -0.39 is 12.2 Å². The molecule has 0 spiro atoms. The number of benzene rings is 2. The Bertz CT molecular complexity index is 1020. The molecule has 1 aliphatic rings. The van der Waals surface area contributed by atoms with Crippen molar-refractivity contribution in [3.63, 3.8) is 0 Å². The molecule has 192 valence electrons. The zero-order valence-electron chi connectivity index (χ0n) is 20.4. The minimum absolute atomic E-state index is 0.280. The topological polar surface area (TPSA) is 69.1 Å². The number of ether oxygens (including phenoxy) is 1. The summed E-state index contributed by atoms with van der Waals surface area (Å²) < 4.78 is 33.1. The quantitative estimate of drug-likeness (QED) is 0.425. The molecule has 0 bridgehead atoms. The number of halogens is 2. The second-order valence-electron chi connectivity index (χ2n) is 9.35. The number of pyridine rings is 1. The van der Waals surface area contributed by atoms with E-state index >= 15 is 0 Å². The Labute approximate surface area is 210 Å². The summed E-state index contributed by atoms with van der Waals surface area (Å²) in [5.41, 5.74) is 2.81. The minimum Gasteiger partial charge on any atom is -0.394 e. The molecule has 1 saturated heterocycles. The van der Waals surface area contributed by atoms with Gasteiger partial charge in [0.05, 0.1) is 18.8 Å². The Kier molecular flexibility index (Phi) is 9.12. The fourth-order valence-corrected chi connectivity index (χ4v) is 4.79. The monoisotopic (exact) mass is 497 g/mol. The Balaban J connectivity index is 1.51. The molecule has 0 aliphatic carbocycles. The Morgan fingerprint density at radius 2 is 1.50 bits per heavy atom. The molecular formula is C28H33F2N3O3. The maximum atomic E-state index is 13.5. The number of aromatic nitrogens is 1. The average Bonchev–Trinajstić information content (AvgIpc) is 3.20. The number of hydrogen-bond acceptors (Lipinski definition) is 6. The SMILES string of the molecule is CN(CCc1ccccn1)[C@@H]1[C@H](O)[C@H](CO)O[C@@H]1CN(Cc1ccc(F)cc1)Cc1ccc(F)cc1. The maximum absolute atomic E-state index is 13.5. The Hall–Kier alpha value is -2.75. The molecule has 0 unspecified atom stereocenters.